The third-order valence-corrected chi connectivity index (χ3v) is 5.18. The molecule has 2 saturated heterocycles. The number of rotatable bonds is 5. The number of aliphatic hydroxyl groups excluding tert-OH is 2. The predicted molar refractivity (Wildman–Crippen MR) is 101 cm³/mol. The number of halogens is 1. The van der Waals surface area contributed by atoms with Crippen molar-refractivity contribution in [2.45, 2.75) is 31.0 Å². The van der Waals surface area contributed by atoms with Crippen LogP contribution >= 0.6 is 11.6 Å². The molecule has 3 N–H and O–H groups in total. The van der Waals surface area contributed by atoms with E-state index in [1.807, 2.05) is 0 Å². The summed E-state index contributed by atoms with van der Waals surface area (Å²) in [7, 11) is 0. The zero-order valence-corrected chi connectivity index (χ0v) is 15.9. The minimum Gasteiger partial charge on any atom is -0.456 e. The number of aromatic amines is 1. The first-order chi connectivity index (χ1) is 14.1. The van der Waals surface area contributed by atoms with E-state index in [0.717, 1.165) is 0 Å². The van der Waals surface area contributed by atoms with E-state index in [0.29, 0.717) is 34.1 Å². The van der Waals surface area contributed by atoms with Gasteiger partial charge in [-0.15, -0.1) is 0 Å². The summed E-state index contributed by atoms with van der Waals surface area (Å²) in [5.41, 5.74) is 1.68. The summed E-state index contributed by atoms with van der Waals surface area (Å²) in [6.45, 7) is 0.433. The molecule has 0 radical (unpaired) electrons. The van der Waals surface area contributed by atoms with Gasteiger partial charge in [-0.2, -0.15) is 9.97 Å². The van der Waals surface area contributed by atoms with E-state index in [9.17, 15) is 10.2 Å². The van der Waals surface area contributed by atoms with Gasteiger partial charge in [0.1, 0.15) is 29.1 Å². The van der Waals surface area contributed by atoms with Crippen molar-refractivity contribution >= 4 is 22.8 Å². The Morgan fingerprint density at radius 1 is 1.17 bits per heavy atom. The van der Waals surface area contributed by atoms with Crippen LogP contribution in [0.1, 0.15) is 5.56 Å². The van der Waals surface area contributed by atoms with E-state index in [-0.39, 0.29) is 43.4 Å². The summed E-state index contributed by atoms with van der Waals surface area (Å²) in [4.78, 5) is 11.7. The summed E-state index contributed by atoms with van der Waals surface area (Å²) in [6, 6.07) is 8.90. The second-order valence-electron chi connectivity index (χ2n) is 6.92. The van der Waals surface area contributed by atoms with Gasteiger partial charge in [0.2, 0.25) is 5.88 Å². The van der Waals surface area contributed by atoms with Crippen molar-refractivity contribution in [3.63, 3.8) is 0 Å². The normalized spacial score (nSPS) is 26.0. The van der Waals surface area contributed by atoms with Crippen molar-refractivity contribution < 1.29 is 29.2 Å². The summed E-state index contributed by atoms with van der Waals surface area (Å²) >= 11 is 6.30. The molecule has 2 aliphatic rings. The van der Waals surface area contributed by atoms with Gasteiger partial charge in [0, 0.05) is 0 Å². The molecule has 0 spiro atoms. The maximum atomic E-state index is 9.83. The molecule has 5 rings (SSSR count). The molecule has 2 aliphatic heterocycles. The maximum Gasteiger partial charge on any atom is 0.296 e. The number of fused-ring (bicyclic) bond motifs is 2. The molecular weight excluding hydrogens is 402 g/mol. The predicted octanol–water partition coefficient (Wildman–Crippen LogP) is 1.80. The molecule has 29 heavy (non-hydrogen) atoms. The minimum atomic E-state index is -0.645. The standard InChI is InChI=1S/C19H18ClN3O6/c20-11-5-12-17(22-18(11)28-10-3-1-2-9(4-10)6-24)23-19(21-12)29-14-8-27-15-13(25)7-26-16(14)15/h1-5,13-16,24-25H,6-8H2,(H,21,22,23)/t13-,14-,15?,16-/m1/s1. The summed E-state index contributed by atoms with van der Waals surface area (Å²) in [5.74, 6) is 0.696. The van der Waals surface area contributed by atoms with Crippen LogP contribution in [0.2, 0.25) is 5.02 Å². The van der Waals surface area contributed by atoms with Gasteiger partial charge in [-0.05, 0) is 23.8 Å². The highest BCUT2D eigenvalue weighted by Gasteiger charge is 2.48. The van der Waals surface area contributed by atoms with Crippen LogP contribution in [0.15, 0.2) is 30.3 Å². The van der Waals surface area contributed by atoms with Crippen molar-refractivity contribution in [3.05, 3.63) is 40.9 Å². The third-order valence-electron chi connectivity index (χ3n) is 4.91. The Balaban J connectivity index is 1.36. The monoisotopic (exact) mass is 419 g/mol. The molecule has 1 unspecified atom stereocenters. The molecule has 0 amide bonds. The lowest BCUT2D eigenvalue weighted by Crippen LogP contribution is -2.34. The van der Waals surface area contributed by atoms with Crippen LogP contribution in [-0.4, -0.2) is 62.8 Å². The van der Waals surface area contributed by atoms with Crippen molar-refractivity contribution in [2.75, 3.05) is 13.2 Å². The van der Waals surface area contributed by atoms with Gasteiger partial charge in [-0.1, -0.05) is 23.7 Å². The van der Waals surface area contributed by atoms with E-state index < -0.39 is 6.10 Å². The average Bonchev–Trinajstić information content (AvgIpc) is 3.40. The molecule has 2 fully saturated rings. The highest BCUT2D eigenvalue weighted by atomic mass is 35.5. The van der Waals surface area contributed by atoms with E-state index in [2.05, 4.69) is 15.0 Å². The molecule has 1 aromatic carbocycles. The van der Waals surface area contributed by atoms with Gasteiger partial charge in [0.05, 0.1) is 25.3 Å². The highest BCUT2D eigenvalue weighted by Crippen LogP contribution is 2.32. The number of H-pyrrole nitrogens is 1. The lowest BCUT2D eigenvalue weighted by Gasteiger charge is -2.15. The Morgan fingerprint density at radius 3 is 2.90 bits per heavy atom. The minimum absolute atomic E-state index is 0.0923. The van der Waals surface area contributed by atoms with Crippen LogP contribution in [0.5, 0.6) is 17.6 Å². The molecular formula is C19H18ClN3O6. The molecule has 0 aliphatic carbocycles. The summed E-state index contributed by atoms with van der Waals surface area (Å²) in [6.07, 6.45) is -1.75. The van der Waals surface area contributed by atoms with Crippen LogP contribution in [0, 0.1) is 0 Å². The smallest absolute Gasteiger partial charge is 0.296 e. The third kappa shape index (κ3) is 3.52. The lowest BCUT2D eigenvalue weighted by atomic mass is 10.1. The number of pyridine rings is 1. The number of nitrogens with zero attached hydrogens (tertiary/aromatic N) is 2. The van der Waals surface area contributed by atoms with E-state index >= 15 is 0 Å². The largest absolute Gasteiger partial charge is 0.456 e. The van der Waals surface area contributed by atoms with Gasteiger partial charge in [-0.25, -0.2) is 0 Å². The fraction of sp³-hybridized carbons (Fsp3) is 0.368. The molecule has 9 nitrogen and oxygen atoms in total. The molecule has 0 bridgehead atoms. The maximum absolute atomic E-state index is 9.83. The molecule has 2 aromatic heterocycles. The number of aromatic nitrogens is 3. The Labute approximate surface area is 170 Å². The molecule has 152 valence electrons. The van der Waals surface area contributed by atoms with E-state index in [4.69, 9.17) is 30.5 Å². The van der Waals surface area contributed by atoms with Crippen LogP contribution < -0.4 is 9.47 Å². The first kappa shape index (κ1) is 18.6. The van der Waals surface area contributed by atoms with Crippen molar-refractivity contribution in [1.82, 2.24) is 15.0 Å². The number of ether oxygens (including phenoxy) is 4. The fourth-order valence-electron chi connectivity index (χ4n) is 3.51. The summed E-state index contributed by atoms with van der Waals surface area (Å²) in [5, 5.41) is 19.4. The number of hydrogen-bond donors (Lipinski definition) is 3. The van der Waals surface area contributed by atoms with Gasteiger partial charge >= 0.3 is 0 Å². The SMILES string of the molecule is OCc1cccc(Oc2nc3nc(O[C@@H]4COC5[C@H](O)CO[C@@H]54)[nH]c3cc2Cl)c1. The van der Waals surface area contributed by atoms with Gasteiger partial charge < -0.3 is 34.1 Å². The number of hydrogen-bond acceptors (Lipinski definition) is 8. The van der Waals surface area contributed by atoms with Crippen molar-refractivity contribution in [3.8, 4) is 17.6 Å². The molecule has 10 heteroatoms. The fourth-order valence-corrected chi connectivity index (χ4v) is 3.70. The Morgan fingerprint density at radius 2 is 2.03 bits per heavy atom. The summed E-state index contributed by atoms with van der Waals surface area (Å²) < 4.78 is 22.7. The quantitative estimate of drug-likeness (QED) is 0.572. The Kier molecular flexibility index (Phi) is 4.76. The van der Waals surface area contributed by atoms with Crippen molar-refractivity contribution in [1.29, 1.82) is 0 Å². The molecule has 3 aromatic rings. The Bertz CT molecular complexity index is 1040. The number of aliphatic hydroxyl groups is 2. The highest BCUT2D eigenvalue weighted by molar-refractivity contribution is 6.32. The molecule has 4 atom stereocenters. The van der Waals surface area contributed by atoms with Crippen LogP contribution in [0.3, 0.4) is 0 Å². The second kappa shape index (κ2) is 7.43. The van der Waals surface area contributed by atoms with E-state index in [1.165, 1.54) is 0 Å². The van der Waals surface area contributed by atoms with Gasteiger partial charge in [0.25, 0.3) is 6.01 Å². The zero-order valence-electron chi connectivity index (χ0n) is 15.1. The second-order valence-corrected chi connectivity index (χ2v) is 7.32. The number of nitrogens with one attached hydrogen (secondary N) is 1. The first-order valence-corrected chi connectivity index (χ1v) is 9.50. The van der Waals surface area contributed by atoms with Gasteiger partial charge in [0.15, 0.2) is 11.8 Å². The van der Waals surface area contributed by atoms with E-state index in [1.54, 1.807) is 30.3 Å². The number of imidazole rings is 1. The first-order valence-electron chi connectivity index (χ1n) is 9.12. The lowest BCUT2D eigenvalue weighted by molar-refractivity contribution is 0.00706. The van der Waals surface area contributed by atoms with Crippen LogP contribution in [0.4, 0.5) is 0 Å². The average molecular weight is 420 g/mol. The zero-order chi connectivity index (χ0) is 20.0. The van der Waals surface area contributed by atoms with Gasteiger partial charge in [-0.3, -0.25) is 0 Å². The molecule has 0 saturated carbocycles. The topological polar surface area (TPSA) is 119 Å². The molecule has 4 heterocycles. The Hall–Kier alpha value is -2.43. The van der Waals surface area contributed by atoms with Crippen molar-refractivity contribution in [2.24, 2.45) is 0 Å². The number of benzene rings is 1. The van der Waals surface area contributed by atoms with Crippen LogP contribution in [0.25, 0.3) is 11.2 Å². The van der Waals surface area contributed by atoms with Crippen LogP contribution in [-0.2, 0) is 16.1 Å².